The van der Waals surface area contributed by atoms with Crippen LogP contribution in [0, 0.1) is 5.82 Å². The lowest BCUT2D eigenvalue weighted by Gasteiger charge is -2.09. The van der Waals surface area contributed by atoms with Crippen molar-refractivity contribution < 1.29 is 9.60 Å². The Morgan fingerprint density at radius 3 is 2.69 bits per heavy atom. The molecule has 0 amide bonds. The first-order valence-corrected chi connectivity index (χ1v) is 7.88. The first-order valence-electron chi connectivity index (χ1n) is 7.88. The first-order chi connectivity index (χ1) is 12.7. The molecule has 0 spiro atoms. The Morgan fingerprint density at radius 2 is 1.96 bits per heavy atom. The predicted molar refractivity (Wildman–Crippen MR) is 95.6 cm³/mol. The van der Waals surface area contributed by atoms with E-state index in [9.17, 15) is 9.60 Å². The molecular weight excluding hydrogens is 333 g/mol. The fourth-order valence-electron chi connectivity index (χ4n) is 2.88. The van der Waals surface area contributed by atoms with E-state index < -0.39 is 5.82 Å². The zero-order valence-corrected chi connectivity index (χ0v) is 13.8. The maximum atomic E-state index is 14.2. The van der Waals surface area contributed by atoms with Crippen LogP contribution in [-0.2, 0) is 7.05 Å². The van der Waals surface area contributed by atoms with Crippen molar-refractivity contribution in [2.45, 2.75) is 0 Å². The van der Waals surface area contributed by atoms with Gasteiger partial charge in [0.25, 0.3) is 0 Å². The fourth-order valence-corrected chi connectivity index (χ4v) is 2.88. The number of aryl methyl sites for hydroxylation is 1. The van der Waals surface area contributed by atoms with Gasteiger partial charge in [-0.2, -0.15) is 5.10 Å². The average Bonchev–Trinajstić information content (AvgIpc) is 3.10. The maximum absolute atomic E-state index is 14.2. The third kappa shape index (κ3) is 2.69. The Bertz CT molecular complexity index is 1140. The highest BCUT2D eigenvalue weighted by Gasteiger charge is 2.17. The monoisotopic (exact) mass is 347 g/mol. The van der Waals surface area contributed by atoms with Crippen molar-refractivity contribution in [3.63, 3.8) is 0 Å². The van der Waals surface area contributed by atoms with Gasteiger partial charge in [0.05, 0.1) is 11.7 Å². The summed E-state index contributed by atoms with van der Waals surface area (Å²) in [6.45, 7) is 0. The van der Waals surface area contributed by atoms with Crippen LogP contribution in [0.25, 0.3) is 22.0 Å². The van der Waals surface area contributed by atoms with Crippen LogP contribution in [0.5, 0.6) is 0 Å². The van der Waals surface area contributed by atoms with Gasteiger partial charge in [0.1, 0.15) is 23.6 Å². The Labute approximate surface area is 148 Å². The number of benzene rings is 2. The Hall–Kier alpha value is -3.61. The highest BCUT2D eigenvalue weighted by Crippen LogP contribution is 2.25. The molecule has 0 radical (unpaired) electrons. The van der Waals surface area contributed by atoms with Crippen molar-refractivity contribution in [1.82, 2.24) is 19.7 Å². The number of halogens is 1. The molecule has 1 N–H and O–H groups in total. The number of rotatable bonds is 3. The van der Waals surface area contributed by atoms with Crippen molar-refractivity contribution >= 4 is 16.6 Å². The van der Waals surface area contributed by atoms with Gasteiger partial charge in [-0.25, -0.2) is 14.4 Å². The lowest BCUT2D eigenvalue weighted by molar-refractivity contribution is 0.319. The standard InChI is InChI=1S/C19H14FN5O/c1-25-10-13(9-23-25)12-6-7-15-17(8-12)21-11-22-18(15)19(24-26)14-4-2-3-5-16(14)20/h2-11,26H,1H3/b24-19-. The third-order valence-electron chi connectivity index (χ3n) is 4.13. The van der Waals surface area contributed by atoms with Crippen LogP contribution in [-0.4, -0.2) is 30.7 Å². The number of oxime groups is 1. The molecule has 0 aliphatic heterocycles. The molecular formula is C19H14FN5O. The summed E-state index contributed by atoms with van der Waals surface area (Å²) in [5.41, 5.74) is 3.16. The average molecular weight is 347 g/mol. The third-order valence-corrected chi connectivity index (χ3v) is 4.13. The highest BCUT2D eigenvalue weighted by molar-refractivity contribution is 6.17. The molecule has 0 saturated carbocycles. The van der Waals surface area contributed by atoms with Crippen molar-refractivity contribution in [1.29, 1.82) is 0 Å². The summed E-state index contributed by atoms with van der Waals surface area (Å²) in [5, 5.41) is 17.6. The highest BCUT2D eigenvalue weighted by atomic mass is 19.1. The maximum Gasteiger partial charge on any atom is 0.139 e. The summed E-state index contributed by atoms with van der Waals surface area (Å²) in [7, 11) is 1.85. The van der Waals surface area contributed by atoms with E-state index in [0.29, 0.717) is 16.6 Å². The van der Waals surface area contributed by atoms with E-state index in [4.69, 9.17) is 0 Å². The lowest BCUT2D eigenvalue weighted by Crippen LogP contribution is -2.09. The number of hydrogen-bond acceptors (Lipinski definition) is 5. The van der Waals surface area contributed by atoms with Crippen molar-refractivity contribution in [2.75, 3.05) is 0 Å². The van der Waals surface area contributed by atoms with Crippen LogP contribution in [0.3, 0.4) is 0 Å². The number of nitrogens with zero attached hydrogens (tertiary/aromatic N) is 5. The minimum absolute atomic E-state index is 0.0598. The molecule has 26 heavy (non-hydrogen) atoms. The van der Waals surface area contributed by atoms with Crippen molar-refractivity contribution in [3.05, 3.63) is 78.3 Å². The number of hydrogen-bond donors (Lipinski definition) is 1. The second-order valence-electron chi connectivity index (χ2n) is 5.79. The molecule has 0 bridgehead atoms. The largest absolute Gasteiger partial charge is 0.410 e. The predicted octanol–water partition coefficient (Wildman–Crippen LogP) is 3.40. The second-order valence-corrected chi connectivity index (χ2v) is 5.79. The topological polar surface area (TPSA) is 76.2 Å². The molecule has 2 aromatic heterocycles. The normalized spacial score (nSPS) is 11.8. The lowest BCUT2D eigenvalue weighted by atomic mass is 10.0. The van der Waals surface area contributed by atoms with Gasteiger partial charge in [0.2, 0.25) is 0 Å². The molecule has 128 valence electrons. The number of aromatic nitrogens is 4. The molecule has 6 nitrogen and oxygen atoms in total. The summed E-state index contributed by atoms with van der Waals surface area (Å²) >= 11 is 0. The Balaban J connectivity index is 1.87. The van der Waals surface area contributed by atoms with E-state index in [1.165, 1.54) is 12.4 Å². The van der Waals surface area contributed by atoms with Gasteiger partial charge in [0.15, 0.2) is 0 Å². The second kappa shape index (κ2) is 6.36. The molecule has 4 rings (SSSR count). The van der Waals surface area contributed by atoms with E-state index in [1.54, 1.807) is 29.1 Å². The smallest absolute Gasteiger partial charge is 0.139 e. The zero-order valence-electron chi connectivity index (χ0n) is 13.8. The summed E-state index contributed by atoms with van der Waals surface area (Å²) in [6.07, 6.45) is 5.04. The summed E-state index contributed by atoms with van der Waals surface area (Å²) in [6, 6.07) is 11.7. The quantitative estimate of drug-likeness (QED) is 0.350. The minimum atomic E-state index is -0.487. The van der Waals surface area contributed by atoms with Gasteiger partial charge in [0, 0.05) is 29.8 Å². The van der Waals surface area contributed by atoms with Crippen LogP contribution < -0.4 is 0 Å². The SMILES string of the molecule is Cn1cc(-c2ccc3c(/C(=N\O)c4ccccc4F)ncnc3c2)cn1. The molecule has 0 aliphatic rings. The Kier molecular flexibility index (Phi) is 3.89. The Morgan fingerprint density at radius 1 is 1.12 bits per heavy atom. The van der Waals surface area contributed by atoms with Crippen LogP contribution in [0.4, 0.5) is 4.39 Å². The van der Waals surface area contributed by atoms with Crippen LogP contribution in [0.1, 0.15) is 11.3 Å². The summed E-state index contributed by atoms with van der Waals surface area (Å²) in [4.78, 5) is 8.52. The molecule has 0 aliphatic carbocycles. The van der Waals surface area contributed by atoms with Gasteiger partial charge in [-0.15, -0.1) is 0 Å². The van der Waals surface area contributed by atoms with Gasteiger partial charge in [-0.3, -0.25) is 4.68 Å². The van der Waals surface area contributed by atoms with E-state index in [2.05, 4.69) is 20.2 Å². The van der Waals surface area contributed by atoms with Crippen molar-refractivity contribution in [2.24, 2.45) is 12.2 Å². The molecule has 7 heteroatoms. The summed E-state index contributed by atoms with van der Waals surface area (Å²) < 4.78 is 15.9. The van der Waals surface area contributed by atoms with Crippen LogP contribution >= 0.6 is 0 Å². The van der Waals surface area contributed by atoms with E-state index >= 15 is 0 Å². The zero-order chi connectivity index (χ0) is 18.1. The number of fused-ring (bicyclic) bond motifs is 1. The van der Waals surface area contributed by atoms with Crippen molar-refractivity contribution in [3.8, 4) is 11.1 Å². The molecule has 0 atom stereocenters. The van der Waals surface area contributed by atoms with Gasteiger partial charge in [-0.05, 0) is 29.8 Å². The van der Waals surface area contributed by atoms with Crippen LogP contribution in [0.2, 0.25) is 0 Å². The minimum Gasteiger partial charge on any atom is -0.410 e. The van der Waals surface area contributed by atoms with Gasteiger partial charge in [-0.1, -0.05) is 23.4 Å². The molecule has 4 aromatic rings. The molecule has 2 heterocycles. The van der Waals surface area contributed by atoms with E-state index in [0.717, 1.165) is 11.1 Å². The summed E-state index contributed by atoms with van der Waals surface area (Å²) in [5.74, 6) is -0.487. The molecule has 0 unspecified atom stereocenters. The van der Waals surface area contributed by atoms with E-state index in [1.807, 2.05) is 31.4 Å². The van der Waals surface area contributed by atoms with Gasteiger partial charge >= 0.3 is 0 Å². The molecule has 0 saturated heterocycles. The first kappa shape index (κ1) is 15.9. The fraction of sp³-hybridized carbons (Fsp3) is 0.0526. The van der Waals surface area contributed by atoms with Gasteiger partial charge < -0.3 is 5.21 Å². The van der Waals surface area contributed by atoms with E-state index in [-0.39, 0.29) is 11.3 Å². The van der Waals surface area contributed by atoms with Crippen LogP contribution in [0.15, 0.2) is 66.3 Å². The molecule has 2 aromatic carbocycles. The molecule has 0 fully saturated rings.